The fourth-order valence-electron chi connectivity index (χ4n) is 3.28. The summed E-state index contributed by atoms with van der Waals surface area (Å²) in [5, 5.41) is 0.875. The van der Waals surface area contributed by atoms with E-state index in [4.69, 9.17) is 4.74 Å². The van der Waals surface area contributed by atoms with Gasteiger partial charge in [0.25, 0.3) is 0 Å². The van der Waals surface area contributed by atoms with E-state index in [-0.39, 0.29) is 24.3 Å². The third-order valence-electron chi connectivity index (χ3n) is 4.72. The number of carbonyl (C=O) groups is 2. The second-order valence-corrected chi connectivity index (χ2v) is 6.30. The molecule has 1 heterocycles. The van der Waals surface area contributed by atoms with Crippen LogP contribution < -0.4 is 0 Å². The molecule has 1 atom stereocenters. The van der Waals surface area contributed by atoms with Crippen LogP contribution >= 0.6 is 0 Å². The first-order chi connectivity index (χ1) is 12.7. The van der Waals surface area contributed by atoms with Crippen molar-refractivity contribution in [3.8, 4) is 0 Å². The summed E-state index contributed by atoms with van der Waals surface area (Å²) in [5.74, 6) is -0.902. The van der Waals surface area contributed by atoms with Gasteiger partial charge in [0, 0.05) is 22.7 Å². The van der Waals surface area contributed by atoms with Gasteiger partial charge in [-0.05, 0) is 24.0 Å². The van der Waals surface area contributed by atoms with Gasteiger partial charge in [-0.1, -0.05) is 62.4 Å². The highest BCUT2D eigenvalue weighted by Crippen LogP contribution is 2.24. The number of benzene rings is 2. The number of rotatable bonds is 7. The minimum atomic E-state index is -0.360. The van der Waals surface area contributed by atoms with Crippen LogP contribution in [0.15, 0.2) is 54.7 Å². The zero-order chi connectivity index (χ0) is 18.5. The Morgan fingerprint density at radius 1 is 1.04 bits per heavy atom. The molecule has 26 heavy (non-hydrogen) atoms. The summed E-state index contributed by atoms with van der Waals surface area (Å²) < 4.78 is 5.34. The molecule has 0 aliphatic carbocycles. The van der Waals surface area contributed by atoms with Gasteiger partial charge in [0.2, 0.25) is 5.78 Å². The fraction of sp³-hybridized carbons (Fsp3) is 0.273. The van der Waals surface area contributed by atoms with Crippen molar-refractivity contribution in [3.05, 3.63) is 71.4 Å². The smallest absolute Gasteiger partial charge is 0.313 e. The van der Waals surface area contributed by atoms with E-state index in [1.165, 1.54) is 0 Å². The standard InChI is InChI=1S/C22H23NO3/c1-3-15-11-8-12-18-19(13-23-21(15)18)20(24)14-26-22(25)17(4-2)16-9-6-5-7-10-16/h5-13,17,23H,3-4,14H2,1-2H3/t17-/m1/s1. The lowest BCUT2D eigenvalue weighted by molar-refractivity contribution is -0.144. The third kappa shape index (κ3) is 3.54. The number of ether oxygens (including phenoxy) is 1. The molecular formula is C22H23NO3. The molecule has 3 aromatic rings. The van der Waals surface area contributed by atoms with Crippen LogP contribution in [0.5, 0.6) is 0 Å². The Hall–Kier alpha value is -2.88. The Bertz CT molecular complexity index is 912. The van der Waals surface area contributed by atoms with Crippen LogP contribution in [0.4, 0.5) is 0 Å². The molecule has 1 aromatic heterocycles. The molecule has 0 aliphatic heterocycles. The van der Waals surface area contributed by atoms with E-state index >= 15 is 0 Å². The van der Waals surface area contributed by atoms with Crippen molar-refractivity contribution in [1.29, 1.82) is 0 Å². The monoisotopic (exact) mass is 349 g/mol. The first-order valence-electron chi connectivity index (χ1n) is 8.99. The lowest BCUT2D eigenvalue weighted by atomic mass is 9.97. The number of carbonyl (C=O) groups excluding carboxylic acids is 2. The number of ketones is 1. The Morgan fingerprint density at radius 3 is 2.50 bits per heavy atom. The van der Waals surface area contributed by atoms with Crippen LogP contribution in [-0.2, 0) is 16.0 Å². The third-order valence-corrected chi connectivity index (χ3v) is 4.72. The summed E-state index contributed by atoms with van der Waals surface area (Å²) >= 11 is 0. The lowest BCUT2D eigenvalue weighted by Gasteiger charge is -2.14. The maximum Gasteiger partial charge on any atom is 0.313 e. The SMILES string of the molecule is CCc1cccc2c(C(=O)COC(=O)[C@H](CC)c3ccccc3)c[nH]c12. The number of esters is 1. The van der Waals surface area contributed by atoms with Gasteiger partial charge in [-0.3, -0.25) is 9.59 Å². The van der Waals surface area contributed by atoms with Crippen LogP contribution in [-0.4, -0.2) is 23.3 Å². The number of fused-ring (bicyclic) bond motifs is 1. The van der Waals surface area contributed by atoms with E-state index in [1.807, 2.05) is 55.5 Å². The highest BCUT2D eigenvalue weighted by atomic mass is 16.5. The van der Waals surface area contributed by atoms with E-state index in [9.17, 15) is 9.59 Å². The highest BCUT2D eigenvalue weighted by molar-refractivity contribution is 6.09. The maximum atomic E-state index is 12.6. The van der Waals surface area contributed by atoms with Crippen molar-refractivity contribution in [2.45, 2.75) is 32.6 Å². The van der Waals surface area contributed by atoms with Crippen molar-refractivity contribution in [3.63, 3.8) is 0 Å². The normalized spacial score (nSPS) is 12.1. The van der Waals surface area contributed by atoms with Crippen LogP contribution in [0.1, 0.15) is 47.7 Å². The van der Waals surface area contributed by atoms with Gasteiger partial charge in [0.05, 0.1) is 5.92 Å². The molecule has 0 fully saturated rings. The number of aromatic amines is 1. The van der Waals surface area contributed by atoms with Crippen LogP contribution in [0.3, 0.4) is 0 Å². The van der Waals surface area contributed by atoms with Crippen molar-refractivity contribution >= 4 is 22.7 Å². The summed E-state index contributed by atoms with van der Waals surface area (Å²) in [6.45, 7) is 3.77. The lowest BCUT2D eigenvalue weighted by Crippen LogP contribution is -2.19. The zero-order valence-electron chi connectivity index (χ0n) is 15.1. The average molecular weight is 349 g/mol. The average Bonchev–Trinajstić information content (AvgIpc) is 3.12. The summed E-state index contributed by atoms with van der Waals surface area (Å²) in [7, 11) is 0. The molecule has 0 radical (unpaired) electrons. The van der Waals surface area contributed by atoms with Gasteiger partial charge in [0.1, 0.15) is 0 Å². The molecule has 0 saturated heterocycles. The van der Waals surface area contributed by atoms with Crippen LogP contribution in [0.2, 0.25) is 0 Å². The van der Waals surface area contributed by atoms with Gasteiger partial charge in [-0.2, -0.15) is 0 Å². The number of H-pyrrole nitrogens is 1. The predicted octanol–water partition coefficient (Wildman–Crippen LogP) is 4.65. The van der Waals surface area contributed by atoms with Gasteiger partial charge < -0.3 is 9.72 Å². The number of hydrogen-bond donors (Lipinski definition) is 1. The molecule has 0 aliphatic rings. The molecule has 2 aromatic carbocycles. The number of para-hydroxylation sites is 1. The first-order valence-corrected chi connectivity index (χ1v) is 8.99. The summed E-state index contributed by atoms with van der Waals surface area (Å²) in [6.07, 6.45) is 3.22. The zero-order valence-corrected chi connectivity index (χ0v) is 15.1. The molecule has 4 nitrogen and oxygen atoms in total. The first kappa shape index (κ1) is 17.9. The molecule has 0 bridgehead atoms. The largest absolute Gasteiger partial charge is 0.457 e. The quantitative estimate of drug-likeness (QED) is 0.499. The van der Waals surface area contributed by atoms with Gasteiger partial charge in [-0.25, -0.2) is 0 Å². The number of hydrogen-bond acceptors (Lipinski definition) is 3. The van der Waals surface area contributed by atoms with E-state index in [1.54, 1.807) is 6.20 Å². The molecule has 4 heteroatoms. The Balaban J connectivity index is 1.72. The predicted molar refractivity (Wildman–Crippen MR) is 102 cm³/mol. The molecular weight excluding hydrogens is 326 g/mol. The Kier molecular flexibility index (Phi) is 5.52. The number of nitrogens with one attached hydrogen (secondary N) is 1. The number of aromatic nitrogens is 1. The molecule has 0 amide bonds. The molecule has 3 rings (SSSR count). The minimum Gasteiger partial charge on any atom is -0.457 e. The molecule has 134 valence electrons. The van der Waals surface area contributed by atoms with Crippen LogP contribution in [0, 0.1) is 0 Å². The van der Waals surface area contributed by atoms with E-state index in [2.05, 4.69) is 11.9 Å². The summed E-state index contributed by atoms with van der Waals surface area (Å²) in [6, 6.07) is 15.4. The van der Waals surface area contributed by atoms with Crippen molar-refractivity contribution in [2.24, 2.45) is 0 Å². The summed E-state index contributed by atoms with van der Waals surface area (Å²) in [5.41, 5.74) is 3.61. The van der Waals surface area contributed by atoms with Crippen molar-refractivity contribution in [2.75, 3.05) is 6.61 Å². The molecule has 1 N–H and O–H groups in total. The van der Waals surface area contributed by atoms with Crippen molar-refractivity contribution in [1.82, 2.24) is 4.98 Å². The molecule has 0 unspecified atom stereocenters. The van der Waals surface area contributed by atoms with Crippen LogP contribution in [0.25, 0.3) is 10.9 Å². The Labute approximate surface area is 153 Å². The topological polar surface area (TPSA) is 59.2 Å². The maximum absolute atomic E-state index is 12.6. The van der Waals surface area contributed by atoms with Gasteiger partial charge in [-0.15, -0.1) is 0 Å². The van der Waals surface area contributed by atoms with Crippen molar-refractivity contribution < 1.29 is 14.3 Å². The molecule has 0 saturated carbocycles. The van der Waals surface area contributed by atoms with E-state index in [0.29, 0.717) is 12.0 Å². The highest BCUT2D eigenvalue weighted by Gasteiger charge is 2.22. The van der Waals surface area contributed by atoms with E-state index < -0.39 is 0 Å². The fourth-order valence-corrected chi connectivity index (χ4v) is 3.28. The molecule has 0 spiro atoms. The number of aryl methyl sites for hydroxylation is 1. The van der Waals surface area contributed by atoms with Gasteiger partial charge in [0.15, 0.2) is 6.61 Å². The van der Waals surface area contributed by atoms with Gasteiger partial charge >= 0.3 is 5.97 Å². The Morgan fingerprint density at radius 2 is 1.81 bits per heavy atom. The second-order valence-electron chi connectivity index (χ2n) is 6.30. The minimum absolute atomic E-state index is 0.194. The number of Topliss-reactive ketones (excluding diaryl/α,β-unsaturated/α-hetero) is 1. The second kappa shape index (κ2) is 8.00. The summed E-state index contributed by atoms with van der Waals surface area (Å²) in [4.78, 5) is 28.2. The van der Waals surface area contributed by atoms with E-state index in [0.717, 1.165) is 28.5 Å².